The maximum Gasteiger partial charge on any atom is 0.187 e. The zero-order valence-corrected chi connectivity index (χ0v) is 9.24. The fourth-order valence-corrected chi connectivity index (χ4v) is 2.25. The molecule has 0 bridgehead atoms. The van der Waals surface area contributed by atoms with E-state index in [0.29, 0.717) is 9.37 Å². The van der Waals surface area contributed by atoms with Gasteiger partial charge in [-0.3, -0.25) is 0 Å². The molecule has 11 heavy (non-hydrogen) atoms. The lowest BCUT2D eigenvalue weighted by Crippen LogP contribution is -1.89. The second-order valence-corrected chi connectivity index (χ2v) is 4.53. The second-order valence-electron chi connectivity index (χ2n) is 1.82. The van der Waals surface area contributed by atoms with E-state index in [1.165, 1.54) is 0 Å². The Labute approximate surface area is 83.5 Å². The highest BCUT2D eigenvalue weighted by Crippen LogP contribution is 2.23. The molecular formula is C6H4Br2O2S. The molecule has 1 atom stereocenters. The van der Waals surface area contributed by atoms with Gasteiger partial charge in [0, 0.05) is 8.95 Å². The van der Waals surface area contributed by atoms with Crippen LogP contribution in [0, 0.1) is 0 Å². The molecule has 0 aromatic heterocycles. The molecule has 0 amide bonds. The molecule has 0 aliphatic rings. The highest BCUT2D eigenvalue weighted by Gasteiger charge is 2.04. The molecule has 1 unspecified atom stereocenters. The van der Waals surface area contributed by atoms with E-state index in [1.807, 2.05) is 0 Å². The largest absolute Gasteiger partial charge is 0.302 e. The van der Waals surface area contributed by atoms with Crippen LogP contribution in [0.3, 0.4) is 0 Å². The fourth-order valence-electron chi connectivity index (χ4n) is 0.611. The number of rotatable bonds is 1. The van der Waals surface area contributed by atoms with Crippen molar-refractivity contribution in [2.45, 2.75) is 4.90 Å². The first-order valence-electron chi connectivity index (χ1n) is 2.67. The summed E-state index contributed by atoms with van der Waals surface area (Å²) in [4.78, 5) is 0.374. The van der Waals surface area contributed by atoms with Crippen molar-refractivity contribution in [1.29, 1.82) is 0 Å². The molecule has 60 valence electrons. The van der Waals surface area contributed by atoms with Crippen molar-refractivity contribution in [2.24, 2.45) is 0 Å². The maximum atomic E-state index is 10.6. The zero-order chi connectivity index (χ0) is 8.43. The van der Waals surface area contributed by atoms with Gasteiger partial charge in [-0.05, 0) is 34.1 Å². The Bertz CT molecular complexity index is 301. The summed E-state index contributed by atoms with van der Waals surface area (Å²) in [6.07, 6.45) is 0. The molecule has 1 aromatic carbocycles. The molecular weight excluding hydrogens is 296 g/mol. The van der Waals surface area contributed by atoms with E-state index < -0.39 is 11.1 Å². The lowest BCUT2D eigenvalue weighted by atomic mass is 10.4. The van der Waals surface area contributed by atoms with E-state index in [9.17, 15) is 4.21 Å². The molecule has 0 fully saturated rings. The van der Waals surface area contributed by atoms with Gasteiger partial charge in [-0.25, -0.2) is 4.21 Å². The molecule has 1 N–H and O–H groups in total. The van der Waals surface area contributed by atoms with Crippen LogP contribution in [0.15, 0.2) is 32.0 Å². The summed E-state index contributed by atoms with van der Waals surface area (Å²) in [5.41, 5.74) is 0. The summed E-state index contributed by atoms with van der Waals surface area (Å²) in [7, 11) is 0. The van der Waals surface area contributed by atoms with Gasteiger partial charge in [0.2, 0.25) is 0 Å². The second kappa shape index (κ2) is 3.80. The normalized spacial score (nSPS) is 13.0. The SMILES string of the molecule is O=S(O)c1cc(Br)ccc1Br. The average Bonchev–Trinajstić information content (AvgIpc) is 1.94. The number of hydrogen-bond donors (Lipinski definition) is 1. The van der Waals surface area contributed by atoms with Crippen LogP contribution in [0.4, 0.5) is 0 Å². The molecule has 0 aliphatic carbocycles. The van der Waals surface area contributed by atoms with Gasteiger partial charge < -0.3 is 4.55 Å². The summed E-state index contributed by atoms with van der Waals surface area (Å²) in [5, 5.41) is 0. The van der Waals surface area contributed by atoms with Crippen molar-refractivity contribution in [1.82, 2.24) is 0 Å². The van der Waals surface area contributed by atoms with Gasteiger partial charge >= 0.3 is 0 Å². The van der Waals surface area contributed by atoms with Gasteiger partial charge in [0.15, 0.2) is 11.1 Å². The van der Waals surface area contributed by atoms with Gasteiger partial charge in [-0.2, -0.15) is 0 Å². The van der Waals surface area contributed by atoms with Crippen LogP contribution in [0.2, 0.25) is 0 Å². The maximum absolute atomic E-state index is 10.6. The highest BCUT2D eigenvalue weighted by molar-refractivity contribution is 9.11. The highest BCUT2D eigenvalue weighted by atomic mass is 79.9. The molecule has 2 nitrogen and oxygen atoms in total. The van der Waals surface area contributed by atoms with Crippen LogP contribution >= 0.6 is 31.9 Å². The zero-order valence-electron chi connectivity index (χ0n) is 5.25. The van der Waals surface area contributed by atoms with Crippen molar-refractivity contribution in [3.8, 4) is 0 Å². The molecule has 0 radical (unpaired) electrons. The van der Waals surface area contributed by atoms with Gasteiger partial charge in [0.05, 0.1) is 4.90 Å². The van der Waals surface area contributed by atoms with Crippen LogP contribution in [-0.4, -0.2) is 8.76 Å². The molecule has 1 aromatic rings. The molecule has 0 saturated carbocycles. The Morgan fingerprint density at radius 3 is 2.45 bits per heavy atom. The van der Waals surface area contributed by atoms with Crippen LogP contribution < -0.4 is 0 Å². The number of benzene rings is 1. The van der Waals surface area contributed by atoms with Gasteiger partial charge in [0.25, 0.3) is 0 Å². The quantitative estimate of drug-likeness (QED) is 0.810. The minimum absolute atomic E-state index is 0.374. The van der Waals surface area contributed by atoms with E-state index >= 15 is 0 Å². The monoisotopic (exact) mass is 298 g/mol. The van der Waals surface area contributed by atoms with E-state index in [1.54, 1.807) is 18.2 Å². The van der Waals surface area contributed by atoms with Crippen molar-refractivity contribution in [2.75, 3.05) is 0 Å². The van der Waals surface area contributed by atoms with E-state index in [2.05, 4.69) is 31.9 Å². The summed E-state index contributed by atoms with van der Waals surface area (Å²) in [5.74, 6) is 0. The third-order valence-electron chi connectivity index (χ3n) is 1.08. The molecule has 0 spiro atoms. The molecule has 0 saturated heterocycles. The van der Waals surface area contributed by atoms with Gasteiger partial charge in [-0.1, -0.05) is 15.9 Å². The Morgan fingerprint density at radius 1 is 1.36 bits per heavy atom. The smallest absolute Gasteiger partial charge is 0.187 e. The minimum Gasteiger partial charge on any atom is -0.302 e. The Hall–Kier alpha value is 0.290. The molecule has 0 aliphatic heterocycles. The first kappa shape index (κ1) is 9.38. The summed E-state index contributed by atoms with van der Waals surface area (Å²) < 4.78 is 20.8. The van der Waals surface area contributed by atoms with Crippen LogP contribution in [-0.2, 0) is 11.1 Å². The Kier molecular flexibility index (Phi) is 3.24. The van der Waals surface area contributed by atoms with Crippen LogP contribution in [0.25, 0.3) is 0 Å². The van der Waals surface area contributed by atoms with Gasteiger partial charge in [-0.15, -0.1) is 0 Å². The predicted molar refractivity (Wildman–Crippen MR) is 50.9 cm³/mol. The molecule has 1 rings (SSSR count). The Balaban J connectivity index is 3.23. The van der Waals surface area contributed by atoms with Crippen molar-refractivity contribution < 1.29 is 8.76 Å². The van der Waals surface area contributed by atoms with E-state index in [0.717, 1.165) is 4.47 Å². The minimum atomic E-state index is -1.93. The third-order valence-corrected chi connectivity index (χ3v) is 3.24. The summed E-state index contributed by atoms with van der Waals surface area (Å²) in [6.45, 7) is 0. The third kappa shape index (κ3) is 2.37. The number of halogens is 2. The van der Waals surface area contributed by atoms with Crippen molar-refractivity contribution >= 4 is 42.9 Å². The topological polar surface area (TPSA) is 37.3 Å². The standard InChI is InChI=1S/C6H4Br2O2S/c7-4-1-2-5(8)6(3-4)11(9)10/h1-3H,(H,9,10). The fraction of sp³-hybridized carbons (Fsp3) is 0. The average molecular weight is 300 g/mol. The predicted octanol–water partition coefficient (Wildman–Crippen LogP) is 2.79. The molecule has 5 heteroatoms. The van der Waals surface area contributed by atoms with Crippen molar-refractivity contribution in [3.63, 3.8) is 0 Å². The summed E-state index contributed by atoms with van der Waals surface area (Å²) >= 11 is 4.43. The van der Waals surface area contributed by atoms with Crippen molar-refractivity contribution in [3.05, 3.63) is 27.1 Å². The van der Waals surface area contributed by atoms with E-state index in [-0.39, 0.29) is 0 Å². The van der Waals surface area contributed by atoms with Crippen LogP contribution in [0.5, 0.6) is 0 Å². The van der Waals surface area contributed by atoms with Gasteiger partial charge in [0.1, 0.15) is 0 Å². The Morgan fingerprint density at radius 2 is 2.00 bits per heavy atom. The lowest BCUT2D eigenvalue weighted by Gasteiger charge is -1.98. The number of hydrogen-bond acceptors (Lipinski definition) is 1. The lowest BCUT2D eigenvalue weighted by molar-refractivity contribution is 0.564. The molecule has 0 heterocycles. The van der Waals surface area contributed by atoms with E-state index in [4.69, 9.17) is 4.55 Å². The first-order valence-corrected chi connectivity index (χ1v) is 5.36. The first-order chi connectivity index (χ1) is 5.11. The summed E-state index contributed by atoms with van der Waals surface area (Å²) in [6, 6.07) is 5.11. The van der Waals surface area contributed by atoms with Crippen LogP contribution in [0.1, 0.15) is 0 Å².